The van der Waals surface area contributed by atoms with Crippen LogP contribution in [0.1, 0.15) is 10.4 Å². The third-order valence-electron chi connectivity index (χ3n) is 4.04. The van der Waals surface area contributed by atoms with Crippen LogP contribution in [0.15, 0.2) is 66.9 Å². The Hall–Kier alpha value is -3.61. The summed E-state index contributed by atoms with van der Waals surface area (Å²) in [7, 11) is 0. The average Bonchev–Trinajstić information content (AvgIpc) is 3.02. The van der Waals surface area contributed by atoms with Crippen molar-refractivity contribution in [2.45, 2.75) is 0 Å². The zero-order valence-corrected chi connectivity index (χ0v) is 13.8. The van der Waals surface area contributed by atoms with Crippen molar-refractivity contribution < 1.29 is 18.0 Å². The lowest BCUT2D eigenvalue weighted by molar-refractivity contribution is 0.102. The quantitative estimate of drug-likeness (QED) is 0.572. The van der Waals surface area contributed by atoms with Crippen molar-refractivity contribution in [1.82, 2.24) is 9.38 Å². The molecule has 4 rings (SSSR count). The van der Waals surface area contributed by atoms with Gasteiger partial charge in [0.2, 0.25) is 0 Å². The number of pyridine rings is 1. The van der Waals surface area contributed by atoms with Crippen molar-refractivity contribution in [3.63, 3.8) is 0 Å². The summed E-state index contributed by atoms with van der Waals surface area (Å²) in [5, 5.41) is 2.69. The van der Waals surface area contributed by atoms with Gasteiger partial charge in [-0.1, -0.05) is 12.1 Å². The van der Waals surface area contributed by atoms with E-state index in [0.29, 0.717) is 11.2 Å². The highest BCUT2D eigenvalue weighted by Gasteiger charge is 2.18. The summed E-state index contributed by atoms with van der Waals surface area (Å²) in [4.78, 5) is 17.0. The molecule has 0 aliphatic carbocycles. The van der Waals surface area contributed by atoms with Crippen molar-refractivity contribution in [3.8, 4) is 11.3 Å². The van der Waals surface area contributed by atoms with Crippen LogP contribution in [-0.4, -0.2) is 15.3 Å². The fourth-order valence-electron chi connectivity index (χ4n) is 2.77. The maximum Gasteiger partial charge on any atom is 0.256 e. The fraction of sp³-hybridized carbons (Fsp3) is 0. The Morgan fingerprint density at radius 3 is 2.56 bits per heavy atom. The Kier molecular flexibility index (Phi) is 4.12. The molecule has 134 valence electrons. The number of nitrogens with one attached hydrogen (secondary N) is 1. The monoisotopic (exact) mass is 367 g/mol. The van der Waals surface area contributed by atoms with Crippen LogP contribution >= 0.6 is 0 Å². The molecule has 0 aliphatic rings. The summed E-state index contributed by atoms with van der Waals surface area (Å²) >= 11 is 0. The number of halogens is 3. The standard InChI is InChI=1S/C20H12F3N3O/c21-14-5-3-4-13(10-14)20(27)25-19-18(12-7-8-15(22)16(23)11-12)24-17-6-1-2-9-26(17)19/h1-11H,(H,25,27). The summed E-state index contributed by atoms with van der Waals surface area (Å²) in [6.07, 6.45) is 1.67. The van der Waals surface area contributed by atoms with Gasteiger partial charge in [0.05, 0.1) is 0 Å². The van der Waals surface area contributed by atoms with E-state index in [1.807, 2.05) is 0 Å². The number of hydrogen-bond acceptors (Lipinski definition) is 2. The highest BCUT2D eigenvalue weighted by molar-refractivity contribution is 6.05. The molecule has 0 bridgehead atoms. The maximum absolute atomic E-state index is 13.7. The minimum Gasteiger partial charge on any atom is -0.306 e. The van der Waals surface area contributed by atoms with Crippen LogP contribution in [0.4, 0.5) is 19.0 Å². The van der Waals surface area contributed by atoms with Crippen LogP contribution in [0, 0.1) is 17.5 Å². The number of nitrogens with zero attached hydrogens (tertiary/aromatic N) is 2. The third-order valence-corrected chi connectivity index (χ3v) is 4.04. The van der Waals surface area contributed by atoms with E-state index in [4.69, 9.17) is 0 Å². The lowest BCUT2D eigenvalue weighted by Gasteiger charge is -2.08. The van der Waals surface area contributed by atoms with Gasteiger partial charge in [-0.2, -0.15) is 0 Å². The molecule has 2 aromatic carbocycles. The van der Waals surface area contributed by atoms with E-state index in [2.05, 4.69) is 10.3 Å². The minimum absolute atomic E-state index is 0.122. The zero-order chi connectivity index (χ0) is 19.0. The van der Waals surface area contributed by atoms with Crippen LogP contribution in [0.3, 0.4) is 0 Å². The van der Waals surface area contributed by atoms with Crippen molar-refractivity contribution in [1.29, 1.82) is 0 Å². The van der Waals surface area contributed by atoms with Gasteiger partial charge in [0.25, 0.3) is 5.91 Å². The molecule has 0 aliphatic heterocycles. The Morgan fingerprint density at radius 1 is 0.926 bits per heavy atom. The number of rotatable bonds is 3. The predicted octanol–water partition coefficient (Wildman–Crippen LogP) is 4.67. The van der Waals surface area contributed by atoms with Crippen molar-refractivity contribution in [3.05, 3.63) is 89.9 Å². The number of amides is 1. The summed E-state index contributed by atoms with van der Waals surface area (Å²) < 4.78 is 42.0. The molecule has 0 fully saturated rings. The molecule has 0 atom stereocenters. The molecule has 0 unspecified atom stereocenters. The summed E-state index contributed by atoms with van der Waals surface area (Å²) in [6, 6.07) is 13.8. The number of aromatic nitrogens is 2. The first-order valence-corrected chi connectivity index (χ1v) is 8.02. The molecule has 0 spiro atoms. The summed E-state index contributed by atoms with van der Waals surface area (Å²) in [6.45, 7) is 0. The Morgan fingerprint density at radius 2 is 1.78 bits per heavy atom. The lowest BCUT2D eigenvalue weighted by Crippen LogP contribution is -2.14. The smallest absolute Gasteiger partial charge is 0.256 e. The maximum atomic E-state index is 13.7. The summed E-state index contributed by atoms with van der Waals surface area (Å²) in [5.74, 6) is -2.82. The van der Waals surface area contributed by atoms with E-state index in [1.165, 1.54) is 24.3 Å². The molecule has 1 amide bonds. The van der Waals surface area contributed by atoms with Gasteiger partial charge in [-0.3, -0.25) is 9.20 Å². The van der Waals surface area contributed by atoms with Crippen molar-refractivity contribution in [2.24, 2.45) is 0 Å². The fourth-order valence-corrected chi connectivity index (χ4v) is 2.77. The lowest BCUT2D eigenvalue weighted by atomic mass is 10.1. The highest BCUT2D eigenvalue weighted by Crippen LogP contribution is 2.30. The van der Waals surface area contributed by atoms with Gasteiger partial charge >= 0.3 is 0 Å². The van der Waals surface area contributed by atoms with E-state index < -0.39 is 23.4 Å². The van der Waals surface area contributed by atoms with Crippen LogP contribution < -0.4 is 5.32 Å². The first-order chi connectivity index (χ1) is 13.0. The molecule has 1 N–H and O–H groups in total. The highest BCUT2D eigenvalue weighted by atomic mass is 19.2. The Labute approximate surface area is 151 Å². The van der Waals surface area contributed by atoms with Crippen LogP contribution in [0.2, 0.25) is 0 Å². The van der Waals surface area contributed by atoms with Gasteiger partial charge in [-0.05, 0) is 48.5 Å². The van der Waals surface area contributed by atoms with Crippen LogP contribution in [0.25, 0.3) is 16.9 Å². The average molecular weight is 367 g/mol. The van der Waals surface area contributed by atoms with E-state index in [0.717, 1.165) is 18.2 Å². The van der Waals surface area contributed by atoms with Crippen LogP contribution in [-0.2, 0) is 0 Å². The van der Waals surface area contributed by atoms with Gasteiger partial charge in [0, 0.05) is 17.3 Å². The number of anilines is 1. The van der Waals surface area contributed by atoms with Crippen molar-refractivity contribution >= 4 is 17.4 Å². The van der Waals surface area contributed by atoms with Gasteiger partial charge in [0.1, 0.15) is 23.0 Å². The van der Waals surface area contributed by atoms with E-state index in [9.17, 15) is 18.0 Å². The second-order valence-electron chi connectivity index (χ2n) is 5.83. The Bertz CT molecular complexity index is 1170. The van der Waals surface area contributed by atoms with E-state index >= 15 is 0 Å². The number of fused-ring (bicyclic) bond motifs is 1. The number of benzene rings is 2. The SMILES string of the molecule is O=C(Nc1c(-c2ccc(F)c(F)c2)nc2ccccn12)c1cccc(F)c1. The number of imidazole rings is 1. The first-order valence-electron chi connectivity index (χ1n) is 8.02. The second kappa shape index (κ2) is 6.60. The molecule has 2 aromatic heterocycles. The molecule has 0 saturated carbocycles. The molecular formula is C20H12F3N3O. The normalized spacial score (nSPS) is 10.9. The molecule has 4 aromatic rings. The number of carbonyl (C=O) groups is 1. The topological polar surface area (TPSA) is 46.4 Å². The zero-order valence-electron chi connectivity index (χ0n) is 13.8. The minimum atomic E-state index is -1.02. The van der Waals surface area contributed by atoms with E-state index in [1.54, 1.807) is 28.8 Å². The Balaban J connectivity index is 1.83. The molecule has 27 heavy (non-hydrogen) atoms. The molecule has 2 heterocycles. The molecular weight excluding hydrogens is 355 g/mol. The van der Waals surface area contributed by atoms with Gasteiger partial charge < -0.3 is 5.32 Å². The predicted molar refractivity (Wildman–Crippen MR) is 94.9 cm³/mol. The van der Waals surface area contributed by atoms with Gasteiger partial charge in [-0.15, -0.1) is 0 Å². The number of carbonyl (C=O) groups excluding carboxylic acids is 1. The molecule has 0 saturated heterocycles. The first kappa shape index (κ1) is 16.8. The molecule has 0 radical (unpaired) electrons. The van der Waals surface area contributed by atoms with Gasteiger partial charge in [0.15, 0.2) is 11.6 Å². The van der Waals surface area contributed by atoms with E-state index in [-0.39, 0.29) is 17.1 Å². The second-order valence-corrected chi connectivity index (χ2v) is 5.83. The largest absolute Gasteiger partial charge is 0.306 e. The third kappa shape index (κ3) is 3.15. The molecule has 7 heteroatoms. The molecule has 4 nitrogen and oxygen atoms in total. The van der Waals surface area contributed by atoms with Crippen molar-refractivity contribution in [2.75, 3.05) is 5.32 Å². The van der Waals surface area contributed by atoms with Crippen LogP contribution in [0.5, 0.6) is 0 Å². The van der Waals surface area contributed by atoms with Gasteiger partial charge in [-0.25, -0.2) is 18.2 Å². The number of hydrogen-bond donors (Lipinski definition) is 1. The summed E-state index contributed by atoms with van der Waals surface area (Å²) in [5.41, 5.74) is 1.20.